The molecule has 2 aliphatic heterocycles. The van der Waals surface area contributed by atoms with Crippen LogP contribution in [-0.4, -0.2) is 44.5 Å². The molecule has 1 amide bonds. The highest BCUT2D eigenvalue weighted by atomic mass is 32.2. The van der Waals surface area contributed by atoms with Gasteiger partial charge in [-0.1, -0.05) is 0 Å². The Kier molecular flexibility index (Phi) is 4.27. The molecule has 2 aliphatic rings. The highest BCUT2D eigenvalue weighted by molar-refractivity contribution is 7.92. The lowest BCUT2D eigenvalue weighted by atomic mass is 9.92. The van der Waals surface area contributed by atoms with Crippen molar-refractivity contribution < 1.29 is 13.2 Å². The summed E-state index contributed by atoms with van der Waals surface area (Å²) in [5.41, 5.74) is 0. The first-order valence-electron chi connectivity index (χ1n) is 6.71. The molecule has 0 aliphatic carbocycles. The van der Waals surface area contributed by atoms with Crippen molar-refractivity contribution in [2.45, 2.75) is 43.9 Å². The van der Waals surface area contributed by atoms with Gasteiger partial charge in [0.05, 0.1) is 11.0 Å². The molecule has 0 aromatic rings. The Balaban J connectivity index is 1.81. The van der Waals surface area contributed by atoms with Crippen LogP contribution in [0.4, 0.5) is 0 Å². The monoisotopic (exact) mass is 274 g/mol. The highest BCUT2D eigenvalue weighted by Crippen LogP contribution is 2.20. The smallest absolute Gasteiger partial charge is 0.223 e. The largest absolute Gasteiger partial charge is 0.355 e. The molecule has 0 aromatic carbocycles. The van der Waals surface area contributed by atoms with Gasteiger partial charge in [-0.05, 0) is 39.2 Å². The van der Waals surface area contributed by atoms with Crippen molar-refractivity contribution in [3.8, 4) is 0 Å². The fraction of sp³-hybridized carbons (Fsp3) is 0.917. The van der Waals surface area contributed by atoms with Crippen molar-refractivity contribution in [2.24, 2.45) is 5.92 Å². The van der Waals surface area contributed by atoms with E-state index in [1.54, 1.807) is 0 Å². The zero-order chi connectivity index (χ0) is 13.2. The summed E-state index contributed by atoms with van der Waals surface area (Å²) >= 11 is 0. The predicted octanol–water partition coefficient (Wildman–Crippen LogP) is 0.0679. The topological polar surface area (TPSA) is 75.3 Å². The number of hydrogen-bond donors (Lipinski definition) is 2. The molecule has 0 spiro atoms. The van der Waals surface area contributed by atoms with E-state index in [0.29, 0.717) is 19.0 Å². The number of nitrogens with one attached hydrogen (secondary N) is 2. The van der Waals surface area contributed by atoms with Crippen molar-refractivity contribution in [1.82, 2.24) is 10.6 Å². The minimum absolute atomic E-state index is 0.0189. The quantitative estimate of drug-likeness (QED) is 0.763. The number of carbonyl (C=O) groups is 1. The Labute approximate surface area is 109 Å². The number of carbonyl (C=O) groups excluding carboxylic acids is 1. The lowest BCUT2D eigenvalue weighted by molar-refractivity contribution is -0.126. The lowest BCUT2D eigenvalue weighted by Crippen LogP contribution is -2.44. The van der Waals surface area contributed by atoms with Crippen LogP contribution in [0.3, 0.4) is 0 Å². The third-order valence-electron chi connectivity index (χ3n) is 3.96. The van der Waals surface area contributed by atoms with Crippen molar-refractivity contribution in [3.05, 3.63) is 0 Å². The maximum Gasteiger partial charge on any atom is 0.223 e. The summed E-state index contributed by atoms with van der Waals surface area (Å²) in [7, 11) is -2.95. The normalized spacial score (nSPS) is 35.3. The molecular formula is C12H22N2O3S. The first kappa shape index (κ1) is 13.8. The van der Waals surface area contributed by atoms with Gasteiger partial charge in [-0.25, -0.2) is 8.42 Å². The summed E-state index contributed by atoms with van der Waals surface area (Å²) in [4.78, 5) is 12.0. The van der Waals surface area contributed by atoms with Crippen LogP contribution >= 0.6 is 0 Å². The Morgan fingerprint density at radius 2 is 2.17 bits per heavy atom. The maximum atomic E-state index is 12.0. The van der Waals surface area contributed by atoms with E-state index in [4.69, 9.17) is 0 Å². The van der Waals surface area contributed by atoms with Gasteiger partial charge in [0.15, 0.2) is 9.84 Å². The average molecular weight is 274 g/mol. The second kappa shape index (κ2) is 5.57. The highest BCUT2D eigenvalue weighted by Gasteiger charge is 2.32. The SMILES string of the molecule is CC1CC(C(=O)NCC2CCCS2(=O)=O)CCN1. The number of sulfone groups is 1. The fourth-order valence-electron chi connectivity index (χ4n) is 2.82. The molecule has 2 saturated heterocycles. The van der Waals surface area contributed by atoms with E-state index in [2.05, 4.69) is 17.6 Å². The molecule has 2 fully saturated rings. The van der Waals surface area contributed by atoms with Crippen molar-refractivity contribution in [2.75, 3.05) is 18.8 Å². The minimum atomic E-state index is -2.95. The second-order valence-electron chi connectivity index (χ2n) is 5.45. The average Bonchev–Trinajstić information content (AvgIpc) is 2.65. The number of amides is 1. The molecule has 0 radical (unpaired) electrons. The van der Waals surface area contributed by atoms with E-state index < -0.39 is 9.84 Å². The zero-order valence-electron chi connectivity index (χ0n) is 10.8. The lowest BCUT2D eigenvalue weighted by Gasteiger charge is -2.27. The van der Waals surface area contributed by atoms with Crippen LogP contribution in [0.25, 0.3) is 0 Å². The van der Waals surface area contributed by atoms with Crippen LogP contribution < -0.4 is 10.6 Å². The predicted molar refractivity (Wildman–Crippen MR) is 70.0 cm³/mol. The number of rotatable bonds is 3. The Bertz CT molecular complexity index is 408. The molecule has 3 unspecified atom stereocenters. The van der Waals surface area contributed by atoms with Crippen LogP contribution in [0.15, 0.2) is 0 Å². The van der Waals surface area contributed by atoms with E-state index in [9.17, 15) is 13.2 Å². The molecule has 18 heavy (non-hydrogen) atoms. The van der Waals surface area contributed by atoms with Crippen molar-refractivity contribution in [1.29, 1.82) is 0 Å². The van der Waals surface area contributed by atoms with E-state index in [1.165, 1.54) is 0 Å². The molecule has 2 N–H and O–H groups in total. The molecule has 0 saturated carbocycles. The number of hydrogen-bond acceptors (Lipinski definition) is 4. The molecule has 2 rings (SSSR count). The molecule has 0 bridgehead atoms. The van der Waals surface area contributed by atoms with Gasteiger partial charge in [0, 0.05) is 18.5 Å². The first-order chi connectivity index (χ1) is 8.49. The molecule has 6 heteroatoms. The van der Waals surface area contributed by atoms with Crippen LogP contribution in [0.5, 0.6) is 0 Å². The summed E-state index contributed by atoms with van der Waals surface area (Å²) in [5, 5.41) is 5.77. The van der Waals surface area contributed by atoms with Crippen LogP contribution in [0.2, 0.25) is 0 Å². The molecule has 0 aromatic heterocycles. The molecule has 5 nitrogen and oxygen atoms in total. The number of piperidine rings is 1. The van der Waals surface area contributed by atoms with Gasteiger partial charge in [-0.3, -0.25) is 4.79 Å². The molecule has 2 heterocycles. The summed E-state index contributed by atoms with van der Waals surface area (Å²) in [6, 6.07) is 0.365. The summed E-state index contributed by atoms with van der Waals surface area (Å²) in [5.74, 6) is 0.327. The van der Waals surface area contributed by atoms with Crippen molar-refractivity contribution in [3.63, 3.8) is 0 Å². The van der Waals surface area contributed by atoms with Gasteiger partial charge in [-0.2, -0.15) is 0 Å². The van der Waals surface area contributed by atoms with Gasteiger partial charge in [0.1, 0.15) is 0 Å². The Morgan fingerprint density at radius 1 is 1.39 bits per heavy atom. The van der Waals surface area contributed by atoms with Gasteiger partial charge in [-0.15, -0.1) is 0 Å². The molecule has 104 valence electrons. The fourth-order valence-corrected chi connectivity index (χ4v) is 4.58. The maximum absolute atomic E-state index is 12.0. The van der Waals surface area contributed by atoms with E-state index in [0.717, 1.165) is 25.8 Å². The van der Waals surface area contributed by atoms with Crippen LogP contribution in [0, 0.1) is 5.92 Å². The minimum Gasteiger partial charge on any atom is -0.355 e. The standard InChI is InChI=1S/C12H22N2O3S/c1-9-7-10(4-5-13-9)12(15)14-8-11-3-2-6-18(11,16)17/h9-11,13H,2-8H2,1H3,(H,14,15). The third kappa shape index (κ3) is 3.23. The van der Waals surface area contributed by atoms with E-state index in [-0.39, 0.29) is 22.8 Å². The Morgan fingerprint density at radius 3 is 2.78 bits per heavy atom. The van der Waals surface area contributed by atoms with Crippen LogP contribution in [0.1, 0.15) is 32.6 Å². The zero-order valence-corrected chi connectivity index (χ0v) is 11.6. The summed E-state index contributed by atoms with van der Waals surface area (Å²) in [6.07, 6.45) is 3.09. The molecular weight excluding hydrogens is 252 g/mol. The Hall–Kier alpha value is -0.620. The van der Waals surface area contributed by atoms with Gasteiger partial charge in [0.25, 0.3) is 0 Å². The third-order valence-corrected chi connectivity index (χ3v) is 6.24. The summed E-state index contributed by atoms with van der Waals surface area (Å²) in [6.45, 7) is 3.22. The second-order valence-corrected chi connectivity index (χ2v) is 7.85. The van der Waals surface area contributed by atoms with E-state index in [1.807, 2.05) is 0 Å². The van der Waals surface area contributed by atoms with Gasteiger partial charge < -0.3 is 10.6 Å². The van der Waals surface area contributed by atoms with Gasteiger partial charge in [0.2, 0.25) is 5.91 Å². The van der Waals surface area contributed by atoms with Gasteiger partial charge >= 0.3 is 0 Å². The summed E-state index contributed by atoms with van der Waals surface area (Å²) < 4.78 is 23.3. The van der Waals surface area contributed by atoms with E-state index >= 15 is 0 Å². The first-order valence-corrected chi connectivity index (χ1v) is 8.43. The van der Waals surface area contributed by atoms with Crippen molar-refractivity contribution >= 4 is 15.7 Å². The van der Waals surface area contributed by atoms with Crippen LogP contribution in [-0.2, 0) is 14.6 Å². The molecule has 3 atom stereocenters.